The van der Waals surface area contributed by atoms with E-state index in [4.69, 9.17) is 10.7 Å². The average Bonchev–Trinajstić information content (AvgIpc) is 2.84. The zero-order chi connectivity index (χ0) is 16.5. The maximum atomic E-state index is 11.7. The predicted molar refractivity (Wildman–Crippen MR) is 76.6 cm³/mol. The molecule has 2 rings (SSSR count). The summed E-state index contributed by atoms with van der Waals surface area (Å²) in [4.78, 5) is 22.8. The van der Waals surface area contributed by atoms with Crippen LogP contribution in [-0.2, 0) is 18.5 Å². The van der Waals surface area contributed by atoms with Crippen LogP contribution in [0.15, 0.2) is 23.1 Å². The van der Waals surface area contributed by atoms with Gasteiger partial charge >= 0.3 is 12.2 Å². The molecule has 0 bridgehead atoms. The van der Waals surface area contributed by atoms with Gasteiger partial charge in [0.05, 0.1) is 30.0 Å². The first-order valence-electron chi connectivity index (χ1n) is 5.69. The number of hydrogen-bond donors (Lipinski definition) is 1. The number of amides is 1. The van der Waals surface area contributed by atoms with Crippen molar-refractivity contribution in [1.29, 1.82) is 0 Å². The molecule has 0 atom stereocenters. The molecule has 9 nitrogen and oxygen atoms in total. The second-order valence-electron chi connectivity index (χ2n) is 3.94. The van der Waals surface area contributed by atoms with E-state index in [1.165, 1.54) is 18.2 Å². The average molecular weight is 348 g/mol. The number of anilines is 1. The van der Waals surface area contributed by atoms with Crippen LogP contribution in [-0.4, -0.2) is 44.6 Å². The molecule has 22 heavy (non-hydrogen) atoms. The smallest absolute Gasteiger partial charge is 0.435 e. The van der Waals surface area contributed by atoms with Gasteiger partial charge in [-0.15, -0.1) is 5.10 Å². The minimum atomic E-state index is -4.14. The van der Waals surface area contributed by atoms with Crippen molar-refractivity contribution in [2.45, 2.75) is 4.90 Å². The van der Waals surface area contributed by atoms with Crippen LogP contribution in [0.3, 0.4) is 0 Å². The summed E-state index contributed by atoms with van der Waals surface area (Å²) in [5.74, 6) is -0.202. The molecule has 118 valence electrons. The van der Waals surface area contributed by atoms with E-state index in [0.717, 1.165) is 18.9 Å². The molecule has 0 aliphatic rings. The third-order valence-corrected chi connectivity index (χ3v) is 4.05. The molecule has 11 heteroatoms. The van der Waals surface area contributed by atoms with Gasteiger partial charge in [0.1, 0.15) is 0 Å². The quantitative estimate of drug-likeness (QED) is 0.822. The predicted octanol–water partition coefficient (Wildman–Crippen LogP) is 1.76. The Bertz CT molecular complexity index is 860. The van der Waals surface area contributed by atoms with Crippen molar-refractivity contribution in [3.05, 3.63) is 18.2 Å². The summed E-state index contributed by atoms with van der Waals surface area (Å²) in [6.07, 6.45) is -1.76. The molecule has 1 N–H and O–H groups in total. The Labute approximate surface area is 129 Å². The van der Waals surface area contributed by atoms with Gasteiger partial charge in [-0.2, -0.15) is 4.68 Å². The van der Waals surface area contributed by atoms with Gasteiger partial charge in [0, 0.05) is 10.7 Å². The summed E-state index contributed by atoms with van der Waals surface area (Å²) < 4.78 is 33.1. The maximum absolute atomic E-state index is 11.7. The third-order valence-electron chi connectivity index (χ3n) is 2.69. The summed E-state index contributed by atoms with van der Waals surface area (Å²) in [5, 5.41) is 6.02. The van der Waals surface area contributed by atoms with Gasteiger partial charge in [-0.1, -0.05) is 6.07 Å². The number of carbonyl (C=O) groups is 2. The van der Waals surface area contributed by atoms with Crippen LogP contribution in [0.2, 0.25) is 0 Å². The highest BCUT2D eigenvalue weighted by atomic mass is 35.7. The molecule has 1 aromatic carbocycles. The highest BCUT2D eigenvalue weighted by molar-refractivity contribution is 8.14. The van der Waals surface area contributed by atoms with Gasteiger partial charge in [0.15, 0.2) is 5.82 Å². The minimum Gasteiger partial charge on any atom is -0.453 e. The number of ether oxygens (including phenoxy) is 2. The van der Waals surface area contributed by atoms with Crippen LogP contribution in [0.1, 0.15) is 0 Å². The number of rotatable bonds is 2. The van der Waals surface area contributed by atoms with E-state index >= 15 is 0 Å². The van der Waals surface area contributed by atoms with Gasteiger partial charge < -0.3 is 9.47 Å². The summed E-state index contributed by atoms with van der Waals surface area (Å²) in [5.41, 5.74) is 0.0972. The Morgan fingerprint density at radius 2 is 1.95 bits per heavy atom. The fraction of sp³-hybridized carbons (Fsp3) is 0.182. The van der Waals surface area contributed by atoms with Gasteiger partial charge in [-0.25, -0.2) is 18.0 Å². The number of halogens is 1. The maximum Gasteiger partial charge on any atom is 0.435 e. The molecular weight excluding hydrogens is 338 g/mol. The third kappa shape index (κ3) is 2.83. The van der Waals surface area contributed by atoms with Crippen LogP contribution in [0.25, 0.3) is 10.9 Å². The monoisotopic (exact) mass is 347 g/mol. The number of hydrogen-bond acceptors (Lipinski definition) is 7. The summed E-state index contributed by atoms with van der Waals surface area (Å²) in [6, 6.07) is 4.02. The lowest BCUT2D eigenvalue weighted by molar-refractivity contribution is 0.170. The Morgan fingerprint density at radius 3 is 2.50 bits per heavy atom. The fourth-order valence-electron chi connectivity index (χ4n) is 1.80. The lowest BCUT2D eigenvalue weighted by Crippen LogP contribution is -2.15. The van der Waals surface area contributed by atoms with Gasteiger partial charge in [-0.3, -0.25) is 5.32 Å². The molecule has 1 aromatic heterocycles. The Hall–Kier alpha value is -2.33. The van der Waals surface area contributed by atoms with Crippen molar-refractivity contribution in [1.82, 2.24) is 9.78 Å². The van der Waals surface area contributed by atoms with Crippen molar-refractivity contribution < 1.29 is 27.5 Å². The van der Waals surface area contributed by atoms with Crippen LogP contribution in [0.5, 0.6) is 0 Å². The lowest BCUT2D eigenvalue weighted by Gasteiger charge is -2.02. The van der Waals surface area contributed by atoms with E-state index in [2.05, 4.69) is 19.9 Å². The topological polar surface area (TPSA) is 117 Å². The highest BCUT2D eigenvalue weighted by Crippen LogP contribution is 2.31. The first-order chi connectivity index (χ1) is 10.3. The molecule has 0 radical (unpaired) electrons. The van der Waals surface area contributed by atoms with E-state index in [0.29, 0.717) is 0 Å². The van der Waals surface area contributed by atoms with Gasteiger partial charge in [0.2, 0.25) is 0 Å². The van der Waals surface area contributed by atoms with Crippen molar-refractivity contribution in [2.75, 3.05) is 19.5 Å². The Kier molecular flexibility index (Phi) is 4.24. The normalized spacial score (nSPS) is 11.2. The van der Waals surface area contributed by atoms with Gasteiger partial charge in [-0.05, 0) is 12.1 Å². The van der Waals surface area contributed by atoms with Crippen molar-refractivity contribution in [3.63, 3.8) is 0 Å². The summed E-state index contributed by atoms with van der Waals surface area (Å²) in [6.45, 7) is 0. The van der Waals surface area contributed by atoms with Gasteiger partial charge in [0.25, 0.3) is 9.05 Å². The van der Waals surface area contributed by atoms with Crippen molar-refractivity contribution in [2.24, 2.45) is 0 Å². The zero-order valence-electron chi connectivity index (χ0n) is 11.4. The molecule has 0 saturated heterocycles. The molecule has 0 spiro atoms. The molecule has 0 unspecified atom stereocenters. The number of nitrogens with one attached hydrogen (secondary N) is 1. The highest BCUT2D eigenvalue weighted by Gasteiger charge is 2.24. The van der Waals surface area contributed by atoms with E-state index < -0.39 is 21.2 Å². The SMILES string of the molecule is COC(=O)Nc1nn(C(=O)OC)c2cccc(S(=O)(=O)Cl)c12. The van der Waals surface area contributed by atoms with Crippen LogP contribution >= 0.6 is 10.7 Å². The number of methoxy groups -OCH3 is 2. The molecule has 0 aliphatic heterocycles. The molecular formula is C11H10ClN3O6S. The van der Waals surface area contributed by atoms with Crippen LogP contribution in [0, 0.1) is 0 Å². The molecule has 1 amide bonds. The number of aromatic nitrogens is 2. The van der Waals surface area contributed by atoms with E-state index in [1.54, 1.807) is 0 Å². The largest absolute Gasteiger partial charge is 0.453 e. The summed E-state index contributed by atoms with van der Waals surface area (Å²) in [7, 11) is 3.49. The van der Waals surface area contributed by atoms with E-state index in [9.17, 15) is 18.0 Å². The zero-order valence-corrected chi connectivity index (χ0v) is 12.9. The van der Waals surface area contributed by atoms with E-state index in [1.807, 2.05) is 0 Å². The molecule has 0 fully saturated rings. The van der Waals surface area contributed by atoms with Crippen LogP contribution < -0.4 is 5.32 Å². The minimum absolute atomic E-state index is 0.0340. The molecule has 0 aliphatic carbocycles. The second-order valence-corrected chi connectivity index (χ2v) is 6.47. The molecule has 2 aromatic rings. The number of nitrogens with zero attached hydrogens (tertiary/aromatic N) is 2. The first kappa shape index (κ1) is 16.0. The number of benzene rings is 1. The van der Waals surface area contributed by atoms with Crippen molar-refractivity contribution in [3.8, 4) is 0 Å². The lowest BCUT2D eigenvalue weighted by atomic mass is 10.2. The first-order valence-corrected chi connectivity index (χ1v) is 8.00. The van der Waals surface area contributed by atoms with Crippen LogP contribution in [0.4, 0.5) is 15.4 Å². The molecule has 0 saturated carbocycles. The fourth-order valence-corrected chi connectivity index (χ4v) is 2.87. The van der Waals surface area contributed by atoms with E-state index in [-0.39, 0.29) is 21.6 Å². The van der Waals surface area contributed by atoms with Crippen molar-refractivity contribution >= 4 is 48.6 Å². The Morgan fingerprint density at radius 1 is 1.27 bits per heavy atom. The number of carbonyl (C=O) groups excluding carboxylic acids is 2. The second kappa shape index (κ2) is 5.81. The Balaban J connectivity index is 2.82. The molecule has 1 heterocycles. The number of fused-ring (bicyclic) bond motifs is 1. The summed E-state index contributed by atoms with van der Waals surface area (Å²) >= 11 is 0. The standard InChI is InChI=1S/C11H10ClN3O6S/c1-20-10(16)13-9-8-6(15(14-9)11(17)21-2)4-3-5-7(8)22(12,18)19/h3-5H,1-2H3,(H,13,14,16).